The lowest BCUT2D eigenvalue weighted by atomic mass is 9.80. The molecule has 0 spiro atoms. The van der Waals surface area contributed by atoms with Crippen LogP contribution in [0.3, 0.4) is 0 Å². The lowest BCUT2D eigenvalue weighted by molar-refractivity contribution is 0.0691. The smallest absolute Gasteiger partial charge is 0.340 e. The first-order valence-electron chi connectivity index (χ1n) is 5.92. The Bertz CT molecular complexity index is 670. The van der Waals surface area contributed by atoms with Crippen molar-refractivity contribution in [2.45, 2.75) is 36.6 Å². The number of aromatic carboxylic acids is 1. The molecule has 0 atom stereocenters. The quantitative estimate of drug-likeness (QED) is 0.892. The van der Waals surface area contributed by atoms with Gasteiger partial charge >= 0.3 is 5.97 Å². The van der Waals surface area contributed by atoms with E-state index in [1.165, 1.54) is 0 Å². The molecule has 0 heterocycles. The highest BCUT2D eigenvalue weighted by molar-refractivity contribution is 7.89. The summed E-state index contributed by atoms with van der Waals surface area (Å²) in [7, 11) is -4.13. The molecule has 5 nitrogen and oxygen atoms in total. The molecule has 0 saturated heterocycles. The van der Waals surface area contributed by atoms with Gasteiger partial charge in [0.05, 0.1) is 5.02 Å². The number of carboxylic acid groups (broad SMARTS) is 1. The molecule has 0 amide bonds. The Labute approximate surface area is 120 Å². The molecule has 1 aliphatic rings. The standard InChI is InChI=1S/C12H13ClFNO4S/c1-12(5-2-6-12)15-20(18,19)8-4-3-7(13)9(10(8)14)11(16)17/h3-4,15H,2,5-6H2,1H3,(H,16,17). The molecule has 110 valence electrons. The zero-order chi connectivity index (χ0) is 15.1. The van der Waals surface area contributed by atoms with Gasteiger partial charge in [-0.3, -0.25) is 0 Å². The van der Waals surface area contributed by atoms with Crippen LogP contribution in [0.15, 0.2) is 17.0 Å². The molecule has 1 saturated carbocycles. The third-order valence-corrected chi connectivity index (χ3v) is 5.37. The van der Waals surface area contributed by atoms with Crippen molar-refractivity contribution in [1.29, 1.82) is 0 Å². The second-order valence-corrected chi connectivity index (χ2v) is 7.12. The van der Waals surface area contributed by atoms with Gasteiger partial charge in [-0.1, -0.05) is 11.6 Å². The summed E-state index contributed by atoms with van der Waals surface area (Å²) >= 11 is 5.58. The van der Waals surface area contributed by atoms with Crippen LogP contribution in [0.4, 0.5) is 4.39 Å². The number of nitrogens with one attached hydrogen (secondary N) is 1. The van der Waals surface area contributed by atoms with Crippen molar-refractivity contribution < 1.29 is 22.7 Å². The summed E-state index contributed by atoms with van der Waals surface area (Å²) in [5.74, 6) is -2.96. The fraction of sp³-hybridized carbons (Fsp3) is 0.417. The molecule has 2 N–H and O–H groups in total. The lowest BCUT2D eigenvalue weighted by Gasteiger charge is -2.38. The fourth-order valence-corrected chi connectivity index (χ4v) is 3.90. The summed E-state index contributed by atoms with van der Waals surface area (Å²) in [5, 5.41) is 8.54. The van der Waals surface area contributed by atoms with E-state index in [-0.39, 0.29) is 5.02 Å². The number of carboxylic acids is 1. The van der Waals surface area contributed by atoms with Crippen LogP contribution in [0, 0.1) is 5.82 Å². The van der Waals surface area contributed by atoms with Gasteiger partial charge < -0.3 is 5.11 Å². The van der Waals surface area contributed by atoms with Crippen LogP contribution >= 0.6 is 11.6 Å². The maximum atomic E-state index is 14.1. The Hall–Kier alpha value is -1.18. The van der Waals surface area contributed by atoms with E-state index >= 15 is 0 Å². The summed E-state index contributed by atoms with van der Waals surface area (Å²) < 4.78 is 40.8. The summed E-state index contributed by atoms with van der Waals surface area (Å²) in [6.07, 6.45) is 2.21. The second-order valence-electron chi connectivity index (χ2n) is 5.06. The van der Waals surface area contributed by atoms with Crippen LogP contribution in [-0.4, -0.2) is 25.0 Å². The molecule has 8 heteroatoms. The van der Waals surface area contributed by atoms with Crippen LogP contribution in [0.5, 0.6) is 0 Å². The van der Waals surface area contributed by atoms with E-state index in [9.17, 15) is 17.6 Å². The van der Waals surface area contributed by atoms with E-state index in [0.29, 0.717) is 12.8 Å². The first kappa shape index (κ1) is 15.2. The first-order valence-corrected chi connectivity index (χ1v) is 7.78. The van der Waals surface area contributed by atoms with Crippen molar-refractivity contribution in [3.8, 4) is 0 Å². The van der Waals surface area contributed by atoms with E-state index in [0.717, 1.165) is 18.6 Å². The highest BCUT2D eigenvalue weighted by atomic mass is 35.5. The molecule has 0 aromatic heterocycles. The third-order valence-electron chi connectivity index (χ3n) is 3.40. The van der Waals surface area contributed by atoms with Crippen molar-refractivity contribution >= 4 is 27.6 Å². The minimum Gasteiger partial charge on any atom is -0.478 e. The minimum absolute atomic E-state index is 0.344. The highest BCUT2D eigenvalue weighted by Crippen LogP contribution is 2.33. The Balaban J connectivity index is 2.47. The van der Waals surface area contributed by atoms with Gasteiger partial charge in [0, 0.05) is 5.54 Å². The molecule has 1 aliphatic carbocycles. The van der Waals surface area contributed by atoms with E-state index in [1.54, 1.807) is 6.92 Å². The van der Waals surface area contributed by atoms with Gasteiger partial charge in [0.2, 0.25) is 10.0 Å². The van der Waals surface area contributed by atoms with E-state index < -0.39 is 37.8 Å². The molecule has 20 heavy (non-hydrogen) atoms. The van der Waals surface area contributed by atoms with Crippen molar-refractivity contribution in [1.82, 2.24) is 4.72 Å². The van der Waals surface area contributed by atoms with Gasteiger partial charge in [-0.05, 0) is 38.3 Å². The van der Waals surface area contributed by atoms with Gasteiger partial charge in [-0.15, -0.1) is 0 Å². The Morgan fingerprint density at radius 2 is 2.05 bits per heavy atom. The molecule has 0 bridgehead atoms. The average molecular weight is 322 g/mol. The Morgan fingerprint density at radius 1 is 1.45 bits per heavy atom. The molecule has 2 rings (SSSR count). The normalized spacial score (nSPS) is 17.6. The number of carbonyl (C=O) groups is 1. The van der Waals surface area contributed by atoms with E-state index in [1.807, 2.05) is 0 Å². The summed E-state index contributed by atoms with van der Waals surface area (Å²) in [5.41, 5.74) is -1.44. The number of rotatable bonds is 4. The molecule has 0 aliphatic heterocycles. The lowest BCUT2D eigenvalue weighted by Crippen LogP contribution is -2.50. The topological polar surface area (TPSA) is 83.5 Å². The van der Waals surface area contributed by atoms with Gasteiger partial charge in [0.1, 0.15) is 10.5 Å². The summed E-state index contributed by atoms with van der Waals surface area (Å²) in [6, 6.07) is 2.03. The molecular formula is C12H13ClFNO4S. The minimum atomic E-state index is -4.13. The molecule has 0 radical (unpaired) electrons. The van der Waals surface area contributed by atoms with Gasteiger partial charge in [-0.25, -0.2) is 22.3 Å². The number of halogens is 2. The Kier molecular flexibility index (Phi) is 3.79. The maximum absolute atomic E-state index is 14.1. The van der Waals surface area contributed by atoms with Crippen molar-refractivity contribution in [2.75, 3.05) is 0 Å². The maximum Gasteiger partial charge on any atom is 0.340 e. The zero-order valence-corrected chi connectivity index (χ0v) is 12.2. The summed E-state index contributed by atoms with van der Waals surface area (Å²) in [6.45, 7) is 1.72. The van der Waals surface area contributed by atoms with E-state index in [4.69, 9.17) is 16.7 Å². The summed E-state index contributed by atoms with van der Waals surface area (Å²) in [4.78, 5) is 10.2. The average Bonchev–Trinajstić information content (AvgIpc) is 2.25. The van der Waals surface area contributed by atoms with Crippen molar-refractivity contribution in [3.05, 3.63) is 28.5 Å². The Morgan fingerprint density at radius 3 is 2.50 bits per heavy atom. The van der Waals surface area contributed by atoms with Crippen molar-refractivity contribution in [2.24, 2.45) is 0 Å². The number of hydrogen-bond acceptors (Lipinski definition) is 3. The van der Waals surface area contributed by atoms with E-state index in [2.05, 4.69) is 4.72 Å². The molecular weight excluding hydrogens is 309 g/mol. The van der Waals surface area contributed by atoms with Crippen molar-refractivity contribution in [3.63, 3.8) is 0 Å². The van der Waals surface area contributed by atoms with Gasteiger partial charge in [0.25, 0.3) is 0 Å². The van der Waals surface area contributed by atoms with Crippen LogP contribution in [0.25, 0.3) is 0 Å². The number of hydrogen-bond donors (Lipinski definition) is 2. The van der Waals surface area contributed by atoms with Gasteiger partial charge in [-0.2, -0.15) is 0 Å². The van der Waals surface area contributed by atoms with Crippen LogP contribution < -0.4 is 4.72 Å². The highest BCUT2D eigenvalue weighted by Gasteiger charge is 2.37. The number of benzene rings is 1. The number of sulfonamides is 1. The molecule has 1 aromatic carbocycles. The fourth-order valence-electron chi connectivity index (χ4n) is 2.13. The third kappa shape index (κ3) is 2.65. The first-order chi connectivity index (χ1) is 9.16. The molecule has 1 fully saturated rings. The predicted octanol–water partition coefficient (Wildman–Crippen LogP) is 2.40. The van der Waals surface area contributed by atoms with Gasteiger partial charge in [0.15, 0.2) is 5.82 Å². The largest absolute Gasteiger partial charge is 0.478 e. The second kappa shape index (κ2) is 4.98. The molecule has 1 aromatic rings. The predicted molar refractivity (Wildman–Crippen MR) is 70.9 cm³/mol. The SMILES string of the molecule is CC1(NS(=O)(=O)c2ccc(Cl)c(C(=O)O)c2F)CCC1. The van der Waals surface area contributed by atoms with Crippen LogP contribution in [0.1, 0.15) is 36.5 Å². The monoisotopic (exact) mass is 321 g/mol. The molecule has 0 unspecified atom stereocenters. The van der Waals surface area contributed by atoms with Crippen LogP contribution in [0.2, 0.25) is 5.02 Å². The zero-order valence-electron chi connectivity index (χ0n) is 10.6. The van der Waals surface area contributed by atoms with Crippen LogP contribution in [-0.2, 0) is 10.0 Å².